The van der Waals surface area contributed by atoms with Crippen molar-refractivity contribution >= 4 is 0 Å². The largest absolute Gasteiger partial charge is 0.504 e. The highest BCUT2D eigenvalue weighted by molar-refractivity contribution is 5.68. The molecule has 4 heterocycles. The highest BCUT2D eigenvalue weighted by atomic mass is 16.5. The second-order valence-electron chi connectivity index (χ2n) is 17.8. The topological polar surface area (TPSA) is 122 Å². The van der Waals surface area contributed by atoms with E-state index in [-0.39, 0.29) is 23.6 Å². The second-order valence-corrected chi connectivity index (χ2v) is 17.8. The Morgan fingerprint density at radius 1 is 0.840 bits per heavy atom. The fourth-order valence-corrected chi connectivity index (χ4v) is 12.9. The number of aromatic hydroxyl groups is 2. The summed E-state index contributed by atoms with van der Waals surface area (Å²) in [6.45, 7) is 8.11. The number of fused-ring (bicyclic) bond motifs is 5. The molecule has 12 rings (SSSR count). The van der Waals surface area contributed by atoms with Gasteiger partial charge in [0, 0.05) is 49.1 Å². The number of rotatable bonds is 6. The Hall–Kier alpha value is -3.24. The van der Waals surface area contributed by atoms with Gasteiger partial charge >= 0.3 is 0 Å². The molecular weight excluding hydrogens is 630 g/mol. The van der Waals surface area contributed by atoms with E-state index in [1.54, 1.807) is 12.1 Å². The van der Waals surface area contributed by atoms with Crippen molar-refractivity contribution in [1.82, 2.24) is 14.8 Å². The van der Waals surface area contributed by atoms with Gasteiger partial charge in [0.15, 0.2) is 35.2 Å². The first kappa shape index (κ1) is 29.3. The number of phenols is 2. The van der Waals surface area contributed by atoms with E-state index in [1.807, 2.05) is 6.07 Å². The maximum Gasteiger partial charge on any atom is 0.166 e. The zero-order valence-corrected chi connectivity index (χ0v) is 29.0. The van der Waals surface area contributed by atoms with Crippen LogP contribution in [0.15, 0.2) is 24.3 Å². The smallest absolute Gasteiger partial charge is 0.166 e. The average Bonchev–Trinajstić information content (AvgIpc) is 4.00. The van der Waals surface area contributed by atoms with Crippen LogP contribution in [0.1, 0.15) is 103 Å². The lowest BCUT2D eigenvalue weighted by atomic mass is 9.48. The van der Waals surface area contributed by atoms with Gasteiger partial charge < -0.3 is 34.9 Å². The molecule has 50 heavy (non-hydrogen) atoms. The van der Waals surface area contributed by atoms with E-state index in [2.05, 4.69) is 34.7 Å². The van der Waals surface area contributed by atoms with Crippen LogP contribution in [0.5, 0.6) is 23.0 Å². The first-order valence-corrected chi connectivity index (χ1v) is 19.3. The summed E-state index contributed by atoms with van der Waals surface area (Å²) in [5, 5.41) is 49.5. The number of nitrogens with zero attached hydrogens (tertiary/aromatic N) is 2. The number of H-pyrrole nitrogens is 1. The number of aliphatic hydroxyl groups is 2. The number of piperidine rings is 1. The monoisotopic (exact) mass is 677 g/mol. The minimum atomic E-state index is -1.18. The van der Waals surface area contributed by atoms with Crippen LogP contribution in [0.4, 0.5) is 0 Å². The predicted octanol–water partition coefficient (Wildman–Crippen LogP) is 4.46. The molecule has 0 radical (unpaired) electrons. The summed E-state index contributed by atoms with van der Waals surface area (Å²) >= 11 is 0. The number of ether oxygens (including phenoxy) is 2. The normalized spacial score (nSPS) is 39.4. The van der Waals surface area contributed by atoms with Gasteiger partial charge in [-0.25, -0.2) is 0 Å². The maximum atomic E-state index is 13.6. The van der Waals surface area contributed by atoms with E-state index in [0.717, 1.165) is 78.2 Å². The lowest BCUT2D eigenvalue weighted by Gasteiger charge is -2.63. The van der Waals surface area contributed by atoms with Gasteiger partial charge in [0.05, 0.1) is 33.4 Å². The van der Waals surface area contributed by atoms with Crippen molar-refractivity contribution in [2.75, 3.05) is 26.2 Å². The van der Waals surface area contributed by atoms with Crippen molar-refractivity contribution in [2.24, 2.45) is 11.8 Å². The van der Waals surface area contributed by atoms with E-state index < -0.39 is 34.2 Å². The average molecular weight is 678 g/mol. The van der Waals surface area contributed by atoms with Crippen molar-refractivity contribution < 1.29 is 29.9 Å². The van der Waals surface area contributed by atoms with Crippen molar-refractivity contribution in [3.8, 4) is 23.0 Å². The molecular formula is C41H47N3O6. The van der Waals surface area contributed by atoms with Crippen molar-refractivity contribution in [3.63, 3.8) is 0 Å². The Kier molecular flexibility index (Phi) is 5.30. The summed E-state index contributed by atoms with van der Waals surface area (Å²) in [6.07, 6.45) is 7.04. The molecule has 1 aromatic heterocycles. The number of aromatic nitrogens is 1. The quantitative estimate of drug-likeness (QED) is 0.260. The van der Waals surface area contributed by atoms with Gasteiger partial charge in [-0.05, 0) is 111 Å². The molecule has 8 atom stereocenters. The standard InChI is InChI=1S/C41H47N3O6/c1-3-43(18-20-4-5-20)28-14-22-8-10-26(45)34-30(22)38(2)36(49-34)32-24(16-40(28,38)47)25-17-41(48)29-15-23-9-11-27(46)35-31(23)39(41,37(50-35)33(25)42-32)12-13-44(29)19-21-6-7-21/h8-11,20-21,28-29,36-37,42,45-48H,3-7,12-19H2,1-2H3/t28?,29?,36-,37-,38-,39-,40+,41+/m0/s1. The van der Waals surface area contributed by atoms with Crippen LogP contribution in [0.25, 0.3) is 0 Å². The van der Waals surface area contributed by atoms with Gasteiger partial charge in [-0.3, -0.25) is 9.80 Å². The highest BCUT2D eigenvalue weighted by Gasteiger charge is 2.75. The number of aromatic amines is 1. The van der Waals surface area contributed by atoms with Crippen LogP contribution in [-0.4, -0.2) is 84.7 Å². The van der Waals surface area contributed by atoms with Crippen LogP contribution in [0.2, 0.25) is 0 Å². The SMILES string of the molecule is CCN(CC1CC1)C1Cc2ccc(O)c3c2[C@@]2(C)[C@@H](O3)c3[nH]c4c(c3C[C@@]12O)C[C@@]1(O)C2Cc3ccc(O)c5c3[C@@]1(CCN2CC1CC1)[C@H]4O5. The summed E-state index contributed by atoms with van der Waals surface area (Å²) < 4.78 is 13.8. The molecule has 9 aliphatic rings. The maximum absolute atomic E-state index is 13.6. The van der Waals surface area contributed by atoms with E-state index in [9.17, 15) is 20.4 Å². The van der Waals surface area contributed by atoms with Gasteiger partial charge in [0.25, 0.3) is 0 Å². The molecule has 0 amide bonds. The third-order valence-electron chi connectivity index (χ3n) is 15.6. The fourth-order valence-electron chi connectivity index (χ4n) is 12.9. The predicted molar refractivity (Wildman–Crippen MR) is 184 cm³/mol. The molecule has 2 aromatic carbocycles. The van der Waals surface area contributed by atoms with Gasteiger partial charge in [0.2, 0.25) is 0 Å². The second kappa shape index (κ2) is 9.03. The first-order valence-electron chi connectivity index (χ1n) is 19.3. The van der Waals surface area contributed by atoms with Crippen LogP contribution in [0.3, 0.4) is 0 Å². The Morgan fingerprint density at radius 2 is 1.48 bits per heavy atom. The Balaban J connectivity index is 1.07. The summed E-state index contributed by atoms with van der Waals surface area (Å²) in [4.78, 5) is 8.97. The molecule has 3 aliphatic heterocycles. The van der Waals surface area contributed by atoms with Gasteiger partial charge in [-0.15, -0.1) is 0 Å². The fraction of sp³-hybridized carbons (Fsp3) is 0.610. The summed E-state index contributed by atoms with van der Waals surface area (Å²) in [7, 11) is 0. The zero-order valence-electron chi connectivity index (χ0n) is 29.0. The van der Waals surface area contributed by atoms with E-state index >= 15 is 0 Å². The van der Waals surface area contributed by atoms with E-state index in [1.165, 1.54) is 31.2 Å². The molecule has 3 fully saturated rings. The number of likely N-dealkylation sites (N-methyl/N-ethyl adjacent to an activating group) is 1. The summed E-state index contributed by atoms with van der Waals surface area (Å²) in [6, 6.07) is 7.43. The van der Waals surface area contributed by atoms with E-state index in [4.69, 9.17) is 9.47 Å². The summed E-state index contributed by atoms with van der Waals surface area (Å²) in [5.74, 6) is 2.65. The van der Waals surface area contributed by atoms with Crippen LogP contribution in [0, 0.1) is 11.8 Å². The third kappa shape index (κ3) is 3.16. The lowest BCUT2D eigenvalue weighted by Crippen LogP contribution is -2.74. The molecule has 5 N–H and O–H groups in total. The molecule has 9 heteroatoms. The van der Waals surface area contributed by atoms with Crippen molar-refractivity contribution in [1.29, 1.82) is 0 Å². The molecule has 3 aromatic rings. The van der Waals surface area contributed by atoms with Crippen LogP contribution < -0.4 is 9.47 Å². The summed E-state index contributed by atoms with van der Waals surface area (Å²) in [5.41, 5.74) is 4.46. The Bertz CT molecular complexity index is 2040. The lowest BCUT2D eigenvalue weighted by molar-refractivity contribution is -0.173. The Labute approximate surface area is 292 Å². The van der Waals surface area contributed by atoms with Gasteiger partial charge in [-0.2, -0.15) is 0 Å². The number of phenolic OH excluding ortho intramolecular Hbond substituents is 2. The minimum absolute atomic E-state index is 0.0652. The number of hydrogen-bond acceptors (Lipinski definition) is 8. The zero-order chi connectivity index (χ0) is 33.7. The number of benzene rings is 2. The number of likely N-dealkylation sites (tertiary alicyclic amines) is 1. The van der Waals surface area contributed by atoms with Crippen LogP contribution in [-0.2, 0) is 36.5 Å². The molecule has 262 valence electrons. The molecule has 2 saturated carbocycles. The molecule has 6 aliphatic carbocycles. The van der Waals surface area contributed by atoms with E-state index in [0.29, 0.717) is 42.6 Å². The number of hydrogen-bond donors (Lipinski definition) is 5. The molecule has 2 bridgehead atoms. The van der Waals surface area contributed by atoms with Crippen molar-refractivity contribution in [3.05, 3.63) is 69.0 Å². The molecule has 1 saturated heterocycles. The number of nitrogens with one attached hydrogen (secondary N) is 1. The van der Waals surface area contributed by atoms with Gasteiger partial charge in [0.1, 0.15) is 0 Å². The van der Waals surface area contributed by atoms with Gasteiger partial charge in [-0.1, -0.05) is 19.1 Å². The highest BCUT2D eigenvalue weighted by Crippen LogP contribution is 2.71. The molecule has 9 nitrogen and oxygen atoms in total. The molecule has 1 spiro atoms. The first-order chi connectivity index (χ1) is 24.1. The Morgan fingerprint density at radius 3 is 2.18 bits per heavy atom. The minimum Gasteiger partial charge on any atom is -0.504 e. The molecule has 2 unspecified atom stereocenters. The van der Waals surface area contributed by atoms with Crippen LogP contribution >= 0.6 is 0 Å². The van der Waals surface area contributed by atoms with Crippen molar-refractivity contribution in [2.45, 2.75) is 118 Å². The third-order valence-corrected chi connectivity index (χ3v) is 15.6.